The summed E-state index contributed by atoms with van der Waals surface area (Å²) in [6, 6.07) is 3.90. The summed E-state index contributed by atoms with van der Waals surface area (Å²) >= 11 is 0. The second-order valence-electron chi connectivity index (χ2n) is 3.23. The van der Waals surface area contributed by atoms with Gasteiger partial charge in [-0.1, -0.05) is 0 Å². The number of rotatable bonds is 4. The topological polar surface area (TPSA) is 96.6 Å². The smallest absolute Gasteiger partial charge is 0.379 e. The molecular weight excluding hydrogens is 238 g/mol. The van der Waals surface area contributed by atoms with Gasteiger partial charge in [-0.05, 0) is 13.0 Å². The van der Waals surface area contributed by atoms with E-state index in [1.807, 2.05) is 0 Å². The maximum Gasteiger partial charge on any atom is 0.379 e. The molecule has 0 atom stereocenters. The standard InChI is InChI=1S/C12H11NO5/c1-3-18-12(16)11(15)8-4-7(6-13)9(14)5-10(8)17-2/h4-5,14H,3H2,1-2H3. The molecule has 6 heteroatoms. The van der Waals surface area contributed by atoms with Crippen LogP contribution in [0.15, 0.2) is 12.1 Å². The summed E-state index contributed by atoms with van der Waals surface area (Å²) in [5, 5.41) is 18.2. The summed E-state index contributed by atoms with van der Waals surface area (Å²) in [6.07, 6.45) is 0. The highest BCUT2D eigenvalue weighted by atomic mass is 16.5. The number of carbonyl (C=O) groups is 2. The van der Waals surface area contributed by atoms with Crippen molar-refractivity contribution in [2.75, 3.05) is 13.7 Å². The first-order valence-electron chi connectivity index (χ1n) is 5.07. The van der Waals surface area contributed by atoms with Gasteiger partial charge in [-0.25, -0.2) is 4.79 Å². The molecule has 1 aromatic carbocycles. The van der Waals surface area contributed by atoms with E-state index in [0.29, 0.717) is 0 Å². The van der Waals surface area contributed by atoms with Gasteiger partial charge in [0.2, 0.25) is 0 Å². The van der Waals surface area contributed by atoms with E-state index in [-0.39, 0.29) is 29.2 Å². The van der Waals surface area contributed by atoms with E-state index in [1.54, 1.807) is 13.0 Å². The molecule has 1 aromatic rings. The van der Waals surface area contributed by atoms with Gasteiger partial charge in [0.25, 0.3) is 5.78 Å². The number of hydrogen-bond acceptors (Lipinski definition) is 6. The molecule has 0 spiro atoms. The van der Waals surface area contributed by atoms with Gasteiger partial charge in [-0.2, -0.15) is 5.26 Å². The van der Waals surface area contributed by atoms with Gasteiger partial charge in [0.1, 0.15) is 17.6 Å². The highest BCUT2D eigenvalue weighted by Gasteiger charge is 2.23. The van der Waals surface area contributed by atoms with Crippen LogP contribution >= 0.6 is 0 Å². The largest absolute Gasteiger partial charge is 0.506 e. The molecule has 6 nitrogen and oxygen atoms in total. The van der Waals surface area contributed by atoms with Crippen molar-refractivity contribution < 1.29 is 24.2 Å². The van der Waals surface area contributed by atoms with Crippen molar-refractivity contribution in [2.45, 2.75) is 6.92 Å². The van der Waals surface area contributed by atoms with Crippen LogP contribution in [0.5, 0.6) is 11.5 Å². The third-order valence-corrected chi connectivity index (χ3v) is 2.14. The molecule has 0 aliphatic carbocycles. The third-order valence-electron chi connectivity index (χ3n) is 2.14. The molecule has 0 saturated heterocycles. The number of nitrogens with zero attached hydrogens (tertiary/aromatic N) is 1. The van der Waals surface area contributed by atoms with Crippen LogP contribution in [0.25, 0.3) is 0 Å². The van der Waals surface area contributed by atoms with Gasteiger partial charge < -0.3 is 14.6 Å². The highest BCUT2D eigenvalue weighted by molar-refractivity contribution is 6.41. The molecule has 18 heavy (non-hydrogen) atoms. The number of methoxy groups -OCH3 is 1. The monoisotopic (exact) mass is 249 g/mol. The lowest BCUT2D eigenvalue weighted by Gasteiger charge is -2.08. The summed E-state index contributed by atoms with van der Waals surface area (Å²) in [5.41, 5.74) is -0.242. The van der Waals surface area contributed by atoms with Crippen LogP contribution in [-0.4, -0.2) is 30.6 Å². The number of Topliss-reactive ketones (excluding diaryl/α,β-unsaturated/α-hetero) is 1. The van der Waals surface area contributed by atoms with Crippen molar-refractivity contribution in [2.24, 2.45) is 0 Å². The van der Waals surface area contributed by atoms with Gasteiger partial charge in [-0.3, -0.25) is 4.79 Å². The SMILES string of the molecule is CCOC(=O)C(=O)c1cc(C#N)c(O)cc1OC. The second-order valence-corrected chi connectivity index (χ2v) is 3.23. The summed E-state index contributed by atoms with van der Waals surface area (Å²) in [5.74, 6) is -2.28. The predicted molar refractivity (Wildman–Crippen MR) is 60.3 cm³/mol. The summed E-state index contributed by atoms with van der Waals surface area (Å²) in [7, 11) is 1.28. The quantitative estimate of drug-likeness (QED) is 0.486. The van der Waals surface area contributed by atoms with Crippen molar-refractivity contribution in [3.8, 4) is 17.6 Å². The van der Waals surface area contributed by atoms with E-state index < -0.39 is 11.8 Å². The van der Waals surface area contributed by atoms with Gasteiger partial charge in [0.05, 0.1) is 24.8 Å². The molecular formula is C12H11NO5. The van der Waals surface area contributed by atoms with Crippen molar-refractivity contribution in [3.05, 3.63) is 23.3 Å². The van der Waals surface area contributed by atoms with Crippen molar-refractivity contribution in [1.82, 2.24) is 0 Å². The number of phenolic OH excluding ortho intramolecular Hbond substituents is 1. The van der Waals surface area contributed by atoms with E-state index in [1.165, 1.54) is 7.11 Å². The number of carbonyl (C=O) groups excluding carboxylic acids is 2. The minimum Gasteiger partial charge on any atom is -0.506 e. The molecule has 0 bridgehead atoms. The van der Waals surface area contributed by atoms with Crippen molar-refractivity contribution in [3.63, 3.8) is 0 Å². The summed E-state index contributed by atoms with van der Waals surface area (Å²) in [6.45, 7) is 1.63. The van der Waals surface area contributed by atoms with Crippen LogP contribution in [-0.2, 0) is 9.53 Å². The number of phenols is 1. The molecule has 0 aliphatic heterocycles. The van der Waals surface area contributed by atoms with Gasteiger partial charge in [-0.15, -0.1) is 0 Å². The Morgan fingerprint density at radius 3 is 2.61 bits per heavy atom. The van der Waals surface area contributed by atoms with Crippen LogP contribution in [0.3, 0.4) is 0 Å². The number of ketones is 1. The number of benzene rings is 1. The zero-order chi connectivity index (χ0) is 13.7. The van der Waals surface area contributed by atoms with Gasteiger partial charge >= 0.3 is 5.97 Å². The van der Waals surface area contributed by atoms with Gasteiger partial charge in [0, 0.05) is 6.07 Å². The Morgan fingerprint density at radius 2 is 2.11 bits per heavy atom. The maximum atomic E-state index is 11.7. The van der Waals surface area contributed by atoms with Crippen molar-refractivity contribution >= 4 is 11.8 Å². The van der Waals surface area contributed by atoms with Crippen LogP contribution in [0.4, 0.5) is 0 Å². The van der Waals surface area contributed by atoms with E-state index >= 15 is 0 Å². The lowest BCUT2D eigenvalue weighted by atomic mass is 10.1. The molecule has 0 aliphatic rings. The summed E-state index contributed by atoms with van der Waals surface area (Å²) in [4.78, 5) is 23.1. The maximum absolute atomic E-state index is 11.7. The van der Waals surface area contributed by atoms with E-state index in [0.717, 1.165) is 12.1 Å². The summed E-state index contributed by atoms with van der Waals surface area (Å²) < 4.78 is 9.45. The first kappa shape index (κ1) is 13.5. The average molecular weight is 249 g/mol. The average Bonchev–Trinajstić information content (AvgIpc) is 2.37. The zero-order valence-corrected chi connectivity index (χ0v) is 9.89. The van der Waals surface area contributed by atoms with E-state index in [4.69, 9.17) is 10.00 Å². The lowest BCUT2D eigenvalue weighted by molar-refractivity contribution is -0.137. The van der Waals surface area contributed by atoms with Crippen LogP contribution in [0.2, 0.25) is 0 Å². The Kier molecular flexibility index (Phi) is 4.27. The number of esters is 1. The van der Waals surface area contributed by atoms with Gasteiger partial charge in [0.15, 0.2) is 0 Å². The number of hydrogen-bond donors (Lipinski definition) is 1. The molecule has 0 unspecified atom stereocenters. The van der Waals surface area contributed by atoms with Crippen LogP contribution in [0.1, 0.15) is 22.8 Å². The Hall–Kier alpha value is -2.55. The first-order valence-corrected chi connectivity index (χ1v) is 5.07. The molecule has 1 rings (SSSR count). The fourth-order valence-corrected chi connectivity index (χ4v) is 1.31. The number of aromatic hydroxyl groups is 1. The minimum atomic E-state index is -1.04. The molecule has 0 saturated carbocycles. The first-order chi connectivity index (χ1) is 8.54. The fraction of sp³-hybridized carbons (Fsp3) is 0.250. The number of nitriles is 1. The molecule has 0 heterocycles. The molecule has 0 radical (unpaired) electrons. The van der Waals surface area contributed by atoms with Crippen LogP contribution in [0, 0.1) is 11.3 Å². The Labute approximate surface area is 103 Å². The normalized spacial score (nSPS) is 9.39. The predicted octanol–water partition coefficient (Wildman–Crippen LogP) is 1.02. The van der Waals surface area contributed by atoms with Crippen LogP contribution < -0.4 is 4.74 Å². The lowest BCUT2D eigenvalue weighted by Crippen LogP contribution is -2.18. The Balaban J connectivity index is 3.26. The fourth-order valence-electron chi connectivity index (χ4n) is 1.31. The molecule has 1 N–H and O–H groups in total. The molecule has 0 aromatic heterocycles. The molecule has 0 amide bonds. The zero-order valence-electron chi connectivity index (χ0n) is 9.89. The second kappa shape index (κ2) is 5.68. The Morgan fingerprint density at radius 1 is 1.44 bits per heavy atom. The number of ether oxygens (including phenoxy) is 2. The Bertz CT molecular complexity index is 530. The third kappa shape index (κ3) is 2.58. The van der Waals surface area contributed by atoms with E-state index in [9.17, 15) is 14.7 Å². The highest BCUT2D eigenvalue weighted by Crippen LogP contribution is 2.28. The molecule has 0 fully saturated rings. The minimum absolute atomic E-state index is 0.00422. The van der Waals surface area contributed by atoms with E-state index in [2.05, 4.69) is 4.74 Å². The molecule has 94 valence electrons. The van der Waals surface area contributed by atoms with Crippen molar-refractivity contribution in [1.29, 1.82) is 5.26 Å².